The van der Waals surface area contributed by atoms with Gasteiger partial charge in [-0.25, -0.2) is 0 Å². The lowest BCUT2D eigenvalue weighted by Crippen LogP contribution is -2.37. The average Bonchev–Trinajstić information content (AvgIpc) is 2.50. The van der Waals surface area contributed by atoms with Crippen LogP contribution < -0.4 is 5.32 Å². The Balaban J connectivity index is 2.48. The van der Waals surface area contributed by atoms with Crippen molar-refractivity contribution in [1.29, 1.82) is 0 Å². The van der Waals surface area contributed by atoms with E-state index in [1.807, 2.05) is 19.1 Å². The van der Waals surface area contributed by atoms with Crippen molar-refractivity contribution in [1.82, 2.24) is 5.32 Å². The topological polar surface area (TPSA) is 69.6 Å². The van der Waals surface area contributed by atoms with Crippen LogP contribution in [0, 0.1) is 0 Å². The maximum absolute atomic E-state index is 10.9. The van der Waals surface area contributed by atoms with Crippen LogP contribution in [-0.4, -0.2) is 28.8 Å². The van der Waals surface area contributed by atoms with Gasteiger partial charge in [0, 0.05) is 0 Å². The van der Waals surface area contributed by atoms with Gasteiger partial charge in [0.2, 0.25) is 0 Å². The SMILES string of the molecule is CCC(NCCC(O)c1ccc(C(C)CC)cc1)C(=O)O. The van der Waals surface area contributed by atoms with Crippen molar-refractivity contribution >= 4 is 5.97 Å². The molecule has 118 valence electrons. The number of benzene rings is 1. The Morgan fingerprint density at radius 3 is 2.19 bits per heavy atom. The quantitative estimate of drug-likeness (QED) is 0.654. The predicted octanol–water partition coefficient (Wildman–Crippen LogP) is 3.08. The molecule has 0 spiro atoms. The summed E-state index contributed by atoms with van der Waals surface area (Å²) in [6.45, 7) is 6.66. The molecular formula is C17H27NO3. The van der Waals surface area contributed by atoms with E-state index < -0.39 is 18.1 Å². The van der Waals surface area contributed by atoms with Crippen LogP contribution in [0.5, 0.6) is 0 Å². The van der Waals surface area contributed by atoms with Crippen molar-refractivity contribution < 1.29 is 15.0 Å². The molecule has 3 unspecified atom stereocenters. The first-order valence-electron chi connectivity index (χ1n) is 7.73. The van der Waals surface area contributed by atoms with Crippen LogP contribution in [0.25, 0.3) is 0 Å². The number of aliphatic carboxylic acids is 1. The maximum Gasteiger partial charge on any atom is 0.320 e. The largest absolute Gasteiger partial charge is 0.480 e. The van der Waals surface area contributed by atoms with Gasteiger partial charge in [0.25, 0.3) is 0 Å². The zero-order valence-corrected chi connectivity index (χ0v) is 13.2. The normalized spacial score (nSPS) is 15.4. The first-order valence-corrected chi connectivity index (χ1v) is 7.73. The van der Waals surface area contributed by atoms with Crippen molar-refractivity contribution in [2.45, 2.75) is 58.1 Å². The van der Waals surface area contributed by atoms with E-state index in [1.165, 1.54) is 5.56 Å². The van der Waals surface area contributed by atoms with Gasteiger partial charge >= 0.3 is 5.97 Å². The fourth-order valence-electron chi connectivity index (χ4n) is 2.25. The highest BCUT2D eigenvalue weighted by Crippen LogP contribution is 2.22. The Morgan fingerprint density at radius 1 is 1.14 bits per heavy atom. The van der Waals surface area contributed by atoms with E-state index >= 15 is 0 Å². The highest BCUT2D eigenvalue weighted by molar-refractivity contribution is 5.73. The van der Waals surface area contributed by atoms with Crippen LogP contribution >= 0.6 is 0 Å². The first kappa shape index (κ1) is 17.7. The van der Waals surface area contributed by atoms with Crippen LogP contribution in [0.15, 0.2) is 24.3 Å². The number of aliphatic hydroxyl groups excluding tert-OH is 1. The van der Waals surface area contributed by atoms with E-state index in [0.29, 0.717) is 25.3 Å². The van der Waals surface area contributed by atoms with E-state index in [-0.39, 0.29) is 0 Å². The number of hydrogen-bond acceptors (Lipinski definition) is 3. The van der Waals surface area contributed by atoms with E-state index in [4.69, 9.17) is 5.11 Å². The van der Waals surface area contributed by atoms with Gasteiger partial charge in [-0.3, -0.25) is 4.79 Å². The van der Waals surface area contributed by atoms with Gasteiger partial charge in [0.1, 0.15) is 6.04 Å². The van der Waals surface area contributed by atoms with Gasteiger partial charge in [-0.15, -0.1) is 0 Å². The minimum absolute atomic E-state index is 0.485. The number of aliphatic hydroxyl groups is 1. The molecule has 1 aromatic carbocycles. The summed E-state index contributed by atoms with van der Waals surface area (Å²) in [5.74, 6) is -0.316. The number of rotatable bonds is 9. The fourth-order valence-corrected chi connectivity index (χ4v) is 2.25. The molecule has 4 heteroatoms. The Labute approximate surface area is 127 Å². The zero-order valence-electron chi connectivity index (χ0n) is 13.2. The molecule has 0 aliphatic carbocycles. The van der Waals surface area contributed by atoms with E-state index in [9.17, 15) is 9.90 Å². The van der Waals surface area contributed by atoms with Crippen LogP contribution in [0.4, 0.5) is 0 Å². The maximum atomic E-state index is 10.9. The summed E-state index contributed by atoms with van der Waals surface area (Å²) in [6.07, 6.45) is 1.58. The minimum Gasteiger partial charge on any atom is -0.480 e. The summed E-state index contributed by atoms with van der Waals surface area (Å²) in [4.78, 5) is 10.9. The van der Waals surface area contributed by atoms with Gasteiger partial charge in [0.15, 0.2) is 0 Å². The fraction of sp³-hybridized carbons (Fsp3) is 0.588. The Morgan fingerprint density at radius 2 is 1.71 bits per heavy atom. The standard InChI is InChI=1S/C17H27NO3/c1-4-12(3)13-6-8-14(9-7-13)16(19)10-11-18-15(5-2)17(20)21/h6-9,12,15-16,18-19H,4-5,10-11H2,1-3H3,(H,20,21). The third-order valence-electron chi connectivity index (χ3n) is 4.02. The molecule has 0 saturated heterocycles. The molecule has 3 N–H and O–H groups in total. The second-order valence-electron chi connectivity index (χ2n) is 5.53. The summed E-state index contributed by atoms with van der Waals surface area (Å²) in [7, 11) is 0. The molecule has 0 heterocycles. The summed E-state index contributed by atoms with van der Waals surface area (Å²) in [5, 5.41) is 22.0. The molecule has 3 atom stereocenters. The molecule has 0 bridgehead atoms. The molecule has 0 aliphatic heterocycles. The monoisotopic (exact) mass is 293 g/mol. The lowest BCUT2D eigenvalue weighted by molar-refractivity contribution is -0.139. The van der Waals surface area contributed by atoms with E-state index in [2.05, 4.69) is 31.3 Å². The van der Waals surface area contributed by atoms with Crippen LogP contribution in [-0.2, 0) is 4.79 Å². The number of carboxylic acid groups (broad SMARTS) is 1. The lowest BCUT2D eigenvalue weighted by atomic mass is 9.96. The summed E-state index contributed by atoms with van der Waals surface area (Å²) >= 11 is 0. The molecule has 1 rings (SSSR count). The van der Waals surface area contributed by atoms with Crippen LogP contribution in [0.2, 0.25) is 0 Å². The molecule has 0 saturated carbocycles. The number of carbonyl (C=O) groups is 1. The third kappa shape index (κ3) is 5.48. The molecule has 0 radical (unpaired) electrons. The second-order valence-corrected chi connectivity index (χ2v) is 5.53. The molecule has 4 nitrogen and oxygen atoms in total. The molecule has 1 aromatic rings. The van der Waals surface area contributed by atoms with Gasteiger partial charge < -0.3 is 15.5 Å². The Kier molecular flexibility index (Phi) is 7.40. The smallest absolute Gasteiger partial charge is 0.320 e. The molecular weight excluding hydrogens is 266 g/mol. The number of carboxylic acids is 1. The first-order chi connectivity index (χ1) is 9.99. The zero-order chi connectivity index (χ0) is 15.8. The van der Waals surface area contributed by atoms with Crippen LogP contribution in [0.1, 0.15) is 63.2 Å². The van der Waals surface area contributed by atoms with Crippen molar-refractivity contribution in [3.05, 3.63) is 35.4 Å². The molecule has 0 aromatic heterocycles. The molecule has 0 amide bonds. The molecule has 0 fully saturated rings. The van der Waals surface area contributed by atoms with Crippen LogP contribution in [0.3, 0.4) is 0 Å². The molecule has 0 aliphatic rings. The predicted molar refractivity (Wildman–Crippen MR) is 84.4 cm³/mol. The van der Waals surface area contributed by atoms with Crippen molar-refractivity contribution in [2.75, 3.05) is 6.54 Å². The summed E-state index contributed by atoms with van der Waals surface area (Å²) in [6, 6.07) is 7.50. The lowest BCUT2D eigenvalue weighted by Gasteiger charge is -2.16. The third-order valence-corrected chi connectivity index (χ3v) is 4.02. The van der Waals surface area contributed by atoms with E-state index in [0.717, 1.165) is 12.0 Å². The number of hydrogen-bond donors (Lipinski definition) is 3. The van der Waals surface area contributed by atoms with Gasteiger partial charge in [-0.1, -0.05) is 45.0 Å². The van der Waals surface area contributed by atoms with Crippen molar-refractivity contribution in [3.8, 4) is 0 Å². The Hall–Kier alpha value is -1.39. The van der Waals surface area contributed by atoms with Gasteiger partial charge in [-0.2, -0.15) is 0 Å². The van der Waals surface area contributed by atoms with E-state index in [1.54, 1.807) is 0 Å². The summed E-state index contributed by atoms with van der Waals surface area (Å²) in [5.41, 5.74) is 2.16. The Bertz CT molecular complexity index is 430. The summed E-state index contributed by atoms with van der Waals surface area (Å²) < 4.78 is 0. The highest BCUT2D eigenvalue weighted by atomic mass is 16.4. The minimum atomic E-state index is -0.843. The molecule has 21 heavy (non-hydrogen) atoms. The second kappa shape index (κ2) is 8.80. The van der Waals surface area contributed by atoms with Crippen molar-refractivity contribution in [3.63, 3.8) is 0 Å². The average molecular weight is 293 g/mol. The highest BCUT2D eigenvalue weighted by Gasteiger charge is 2.15. The van der Waals surface area contributed by atoms with Crippen molar-refractivity contribution in [2.24, 2.45) is 0 Å². The number of nitrogens with one attached hydrogen (secondary N) is 1. The van der Waals surface area contributed by atoms with Gasteiger partial charge in [-0.05, 0) is 42.9 Å². The van der Waals surface area contributed by atoms with Gasteiger partial charge in [0.05, 0.1) is 6.10 Å².